The smallest absolute Gasteiger partial charge is 0.174 e. The van der Waals surface area contributed by atoms with Crippen LogP contribution in [0.1, 0.15) is 32.2 Å². The number of benzene rings is 1. The molecule has 0 spiro atoms. The summed E-state index contributed by atoms with van der Waals surface area (Å²) in [6.45, 7) is 8.42. The zero-order valence-electron chi connectivity index (χ0n) is 12.5. The summed E-state index contributed by atoms with van der Waals surface area (Å²) in [6, 6.07) is 6.40. The van der Waals surface area contributed by atoms with Gasteiger partial charge in [0.15, 0.2) is 4.34 Å². The van der Waals surface area contributed by atoms with Gasteiger partial charge in [-0.2, -0.15) is 4.37 Å². The fourth-order valence-corrected chi connectivity index (χ4v) is 3.97. The van der Waals surface area contributed by atoms with Crippen LogP contribution in [0, 0.1) is 5.92 Å². The summed E-state index contributed by atoms with van der Waals surface area (Å²) in [4.78, 5) is 5.78. The number of nitrogens with zero attached hydrogens (tertiary/aromatic N) is 2. The molecule has 1 aromatic heterocycles. The van der Waals surface area contributed by atoms with Crippen LogP contribution in [0.2, 0.25) is 0 Å². The topological polar surface area (TPSA) is 37.8 Å². The monoisotopic (exact) mass is 385 g/mol. The van der Waals surface area contributed by atoms with Gasteiger partial charge in [-0.25, -0.2) is 4.98 Å². The first kappa shape index (κ1) is 16.9. The molecule has 6 heteroatoms. The lowest BCUT2D eigenvalue weighted by molar-refractivity contribution is 0.550. The van der Waals surface area contributed by atoms with Gasteiger partial charge in [-0.05, 0) is 47.8 Å². The van der Waals surface area contributed by atoms with Crippen molar-refractivity contribution in [2.75, 3.05) is 6.54 Å². The van der Waals surface area contributed by atoms with Gasteiger partial charge in [-0.15, -0.1) is 0 Å². The quantitative estimate of drug-likeness (QED) is 0.745. The summed E-state index contributed by atoms with van der Waals surface area (Å²) in [5.41, 5.74) is 1.29. The van der Waals surface area contributed by atoms with Gasteiger partial charge < -0.3 is 5.32 Å². The molecule has 0 saturated heterocycles. The zero-order valence-corrected chi connectivity index (χ0v) is 15.7. The highest BCUT2D eigenvalue weighted by Crippen LogP contribution is 2.33. The SMILES string of the molecule is CCc1nsc(Sc2ccc(Br)cc2CNCC(C)C)n1. The molecule has 0 fully saturated rings. The molecule has 2 aromatic rings. The van der Waals surface area contributed by atoms with E-state index in [2.05, 4.69) is 69.6 Å². The number of halogens is 1. The van der Waals surface area contributed by atoms with Crippen LogP contribution >= 0.6 is 39.2 Å². The van der Waals surface area contributed by atoms with E-state index in [1.165, 1.54) is 22.0 Å². The number of aryl methyl sites for hydroxylation is 1. The molecule has 1 N–H and O–H groups in total. The van der Waals surface area contributed by atoms with Crippen LogP contribution in [0.15, 0.2) is 31.9 Å². The van der Waals surface area contributed by atoms with Crippen molar-refractivity contribution in [1.82, 2.24) is 14.7 Å². The first-order chi connectivity index (χ1) is 10.1. The van der Waals surface area contributed by atoms with Crippen molar-refractivity contribution in [3.63, 3.8) is 0 Å². The summed E-state index contributed by atoms with van der Waals surface area (Å²) >= 11 is 6.74. The summed E-state index contributed by atoms with van der Waals surface area (Å²) in [5, 5.41) is 3.50. The highest BCUT2D eigenvalue weighted by atomic mass is 79.9. The summed E-state index contributed by atoms with van der Waals surface area (Å²) < 4.78 is 6.47. The van der Waals surface area contributed by atoms with Crippen LogP contribution in [-0.2, 0) is 13.0 Å². The standard InChI is InChI=1S/C15H20BrN3S2/c1-4-14-18-15(21-19-14)20-13-6-5-12(16)7-11(13)9-17-8-10(2)3/h5-7,10,17H,4,8-9H2,1-3H3. The van der Waals surface area contributed by atoms with Gasteiger partial charge in [0.05, 0.1) is 0 Å². The highest BCUT2D eigenvalue weighted by Gasteiger charge is 2.09. The van der Waals surface area contributed by atoms with Gasteiger partial charge in [-0.3, -0.25) is 0 Å². The molecule has 0 unspecified atom stereocenters. The van der Waals surface area contributed by atoms with Crippen LogP contribution in [0.4, 0.5) is 0 Å². The average molecular weight is 386 g/mol. The van der Waals surface area contributed by atoms with Gasteiger partial charge in [0.25, 0.3) is 0 Å². The van der Waals surface area contributed by atoms with Crippen LogP contribution in [-0.4, -0.2) is 15.9 Å². The molecule has 3 nitrogen and oxygen atoms in total. The average Bonchev–Trinajstić information content (AvgIpc) is 2.89. The number of aromatic nitrogens is 2. The highest BCUT2D eigenvalue weighted by molar-refractivity contribution is 9.10. The minimum absolute atomic E-state index is 0.656. The molecule has 2 rings (SSSR count). The van der Waals surface area contributed by atoms with E-state index in [1.54, 1.807) is 11.8 Å². The van der Waals surface area contributed by atoms with E-state index in [1.807, 2.05) is 0 Å². The Bertz CT molecular complexity index is 584. The van der Waals surface area contributed by atoms with Gasteiger partial charge in [-0.1, -0.05) is 48.5 Å². The Balaban J connectivity index is 2.10. The van der Waals surface area contributed by atoms with Gasteiger partial charge in [0.1, 0.15) is 5.82 Å². The van der Waals surface area contributed by atoms with E-state index >= 15 is 0 Å². The third kappa shape index (κ3) is 5.36. The lowest BCUT2D eigenvalue weighted by Crippen LogP contribution is -2.19. The van der Waals surface area contributed by atoms with E-state index in [9.17, 15) is 0 Å². The van der Waals surface area contributed by atoms with E-state index in [0.29, 0.717) is 5.92 Å². The largest absolute Gasteiger partial charge is 0.312 e. The normalized spacial score (nSPS) is 11.3. The Morgan fingerprint density at radius 1 is 1.38 bits per heavy atom. The van der Waals surface area contributed by atoms with Crippen LogP contribution in [0.3, 0.4) is 0 Å². The molecule has 0 saturated carbocycles. The van der Waals surface area contributed by atoms with Crippen molar-refractivity contribution >= 4 is 39.2 Å². The molecule has 1 heterocycles. The summed E-state index contributed by atoms with van der Waals surface area (Å²) in [5.74, 6) is 1.59. The number of nitrogens with one attached hydrogen (secondary N) is 1. The number of rotatable bonds is 7. The van der Waals surface area contributed by atoms with Crippen molar-refractivity contribution in [2.24, 2.45) is 5.92 Å². The van der Waals surface area contributed by atoms with Gasteiger partial charge in [0.2, 0.25) is 0 Å². The summed E-state index contributed by atoms with van der Waals surface area (Å²) in [6.07, 6.45) is 0.889. The Hall–Kier alpha value is -0.430. The van der Waals surface area contributed by atoms with Crippen molar-refractivity contribution in [1.29, 1.82) is 0 Å². The van der Waals surface area contributed by atoms with Crippen LogP contribution < -0.4 is 5.32 Å². The molecular weight excluding hydrogens is 366 g/mol. The van der Waals surface area contributed by atoms with Crippen molar-refractivity contribution in [3.8, 4) is 0 Å². The first-order valence-corrected chi connectivity index (χ1v) is 9.46. The van der Waals surface area contributed by atoms with Crippen LogP contribution in [0.25, 0.3) is 0 Å². The number of hydrogen-bond donors (Lipinski definition) is 1. The van der Waals surface area contributed by atoms with E-state index in [4.69, 9.17) is 0 Å². The third-order valence-electron chi connectivity index (χ3n) is 2.85. The minimum Gasteiger partial charge on any atom is -0.312 e. The molecule has 0 radical (unpaired) electrons. The molecule has 0 bridgehead atoms. The van der Waals surface area contributed by atoms with Crippen LogP contribution in [0.5, 0.6) is 0 Å². The Morgan fingerprint density at radius 2 is 2.19 bits per heavy atom. The zero-order chi connectivity index (χ0) is 15.2. The Kier molecular flexibility index (Phi) is 6.67. The summed E-state index contributed by atoms with van der Waals surface area (Å²) in [7, 11) is 0. The Morgan fingerprint density at radius 3 is 2.86 bits per heavy atom. The predicted octanol–water partition coefficient (Wildman–Crippen LogP) is 4.76. The van der Waals surface area contributed by atoms with Crippen molar-refractivity contribution in [3.05, 3.63) is 34.1 Å². The lowest BCUT2D eigenvalue weighted by atomic mass is 10.2. The number of hydrogen-bond acceptors (Lipinski definition) is 5. The van der Waals surface area contributed by atoms with Gasteiger partial charge in [0, 0.05) is 22.3 Å². The molecule has 0 atom stereocenters. The molecule has 0 amide bonds. The van der Waals surface area contributed by atoms with E-state index in [0.717, 1.165) is 34.1 Å². The molecule has 114 valence electrons. The molecular formula is C15H20BrN3S2. The molecule has 21 heavy (non-hydrogen) atoms. The second kappa shape index (κ2) is 8.27. The second-order valence-corrected chi connectivity index (χ2v) is 8.17. The van der Waals surface area contributed by atoms with E-state index < -0.39 is 0 Å². The molecule has 0 aliphatic carbocycles. The fourth-order valence-electron chi connectivity index (χ4n) is 1.80. The molecule has 1 aromatic carbocycles. The second-order valence-electron chi connectivity index (χ2n) is 5.21. The molecule has 0 aliphatic rings. The minimum atomic E-state index is 0.656. The van der Waals surface area contributed by atoms with Gasteiger partial charge >= 0.3 is 0 Å². The van der Waals surface area contributed by atoms with Crippen molar-refractivity contribution < 1.29 is 0 Å². The Labute approximate surface area is 143 Å². The maximum atomic E-state index is 4.53. The fraction of sp³-hybridized carbons (Fsp3) is 0.467. The van der Waals surface area contributed by atoms with E-state index in [-0.39, 0.29) is 0 Å². The maximum absolute atomic E-state index is 4.53. The maximum Gasteiger partial charge on any atom is 0.174 e. The first-order valence-electron chi connectivity index (χ1n) is 7.08. The third-order valence-corrected chi connectivity index (χ3v) is 5.25. The lowest BCUT2D eigenvalue weighted by Gasteiger charge is -2.11. The predicted molar refractivity (Wildman–Crippen MR) is 94.1 cm³/mol. The molecule has 0 aliphatic heterocycles. The van der Waals surface area contributed by atoms with Crippen molar-refractivity contribution in [2.45, 2.75) is 43.0 Å².